The quantitative estimate of drug-likeness (QED) is 0.733. The number of nitrogens with one attached hydrogen (secondary N) is 1. The highest BCUT2D eigenvalue weighted by Gasteiger charge is 2.18. The van der Waals surface area contributed by atoms with E-state index in [1.165, 1.54) is 18.5 Å². The van der Waals surface area contributed by atoms with Gasteiger partial charge in [-0.05, 0) is 25.2 Å². The monoisotopic (exact) mass is 328 g/mol. The van der Waals surface area contributed by atoms with Crippen molar-refractivity contribution in [1.82, 2.24) is 10.3 Å². The summed E-state index contributed by atoms with van der Waals surface area (Å²) in [5.41, 5.74) is 1.32. The van der Waals surface area contributed by atoms with E-state index >= 15 is 0 Å². The third-order valence-electron chi connectivity index (χ3n) is 3.26. The highest BCUT2D eigenvalue weighted by Crippen LogP contribution is 2.19. The van der Waals surface area contributed by atoms with E-state index in [1.807, 2.05) is 27.7 Å². The molecule has 2 heterocycles. The van der Waals surface area contributed by atoms with Gasteiger partial charge in [-0.2, -0.15) is 0 Å². The molecule has 134 valence electrons. The first kappa shape index (κ1) is 23.8. The van der Waals surface area contributed by atoms with E-state index in [0.29, 0.717) is 12.5 Å². The van der Waals surface area contributed by atoms with Crippen LogP contribution in [0, 0.1) is 17.6 Å². The van der Waals surface area contributed by atoms with E-state index in [9.17, 15) is 8.78 Å². The van der Waals surface area contributed by atoms with Gasteiger partial charge in [0.15, 0.2) is 0 Å². The number of rotatable bonds is 2. The normalized spacial score (nSPS) is 15.4. The second-order valence-electron chi connectivity index (χ2n) is 5.07. The molecule has 0 amide bonds. The molecule has 1 fully saturated rings. The Labute approximate surface area is 141 Å². The predicted octanol–water partition coefficient (Wildman–Crippen LogP) is 5.88. The van der Waals surface area contributed by atoms with Gasteiger partial charge in [-0.15, -0.1) is 0 Å². The average Bonchev–Trinajstić information content (AvgIpc) is 2.99. The van der Waals surface area contributed by atoms with Crippen LogP contribution in [0.25, 0.3) is 0 Å². The van der Waals surface area contributed by atoms with E-state index < -0.39 is 11.6 Å². The maximum Gasteiger partial charge on any atom is 0.147 e. The van der Waals surface area contributed by atoms with Crippen LogP contribution in [0.5, 0.6) is 0 Å². The van der Waals surface area contributed by atoms with Gasteiger partial charge < -0.3 is 5.32 Å². The Bertz CT molecular complexity index is 411. The average molecular weight is 328 g/mol. The van der Waals surface area contributed by atoms with Crippen molar-refractivity contribution in [3.05, 3.63) is 41.9 Å². The van der Waals surface area contributed by atoms with Crippen LogP contribution in [0.15, 0.2) is 24.7 Å². The maximum absolute atomic E-state index is 12.5. The molecule has 1 atom stereocenters. The van der Waals surface area contributed by atoms with Gasteiger partial charge in [-0.25, -0.2) is 8.78 Å². The van der Waals surface area contributed by atoms with Crippen LogP contribution < -0.4 is 5.32 Å². The molecule has 23 heavy (non-hydrogen) atoms. The second-order valence-corrected chi connectivity index (χ2v) is 5.07. The smallest absolute Gasteiger partial charge is 0.147 e. The molecule has 1 aliphatic rings. The first-order chi connectivity index (χ1) is 11.0. The van der Waals surface area contributed by atoms with Crippen LogP contribution in [0.3, 0.4) is 0 Å². The summed E-state index contributed by atoms with van der Waals surface area (Å²) in [6.45, 7) is 18.1. The topological polar surface area (TPSA) is 24.9 Å². The molecule has 0 spiro atoms. The Balaban J connectivity index is 0. The fourth-order valence-corrected chi connectivity index (χ4v) is 2.01. The Morgan fingerprint density at radius 1 is 1.17 bits per heavy atom. The van der Waals surface area contributed by atoms with Crippen molar-refractivity contribution in [3.8, 4) is 0 Å². The number of halogens is 2. The van der Waals surface area contributed by atoms with Gasteiger partial charge in [0.25, 0.3) is 0 Å². The van der Waals surface area contributed by atoms with E-state index in [4.69, 9.17) is 0 Å². The zero-order chi connectivity index (χ0) is 18.4. The van der Waals surface area contributed by atoms with Crippen molar-refractivity contribution in [2.75, 3.05) is 0 Å². The molecule has 1 unspecified atom stereocenters. The van der Waals surface area contributed by atoms with Crippen molar-refractivity contribution in [1.29, 1.82) is 0 Å². The van der Waals surface area contributed by atoms with Gasteiger partial charge in [0.05, 0.1) is 12.4 Å². The number of allylic oxidation sites excluding steroid dienone is 1. The van der Waals surface area contributed by atoms with Crippen molar-refractivity contribution >= 4 is 0 Å². The summed E-state index contributed by atoms with van der Waals surface area (Å²) in [5, 5.41) is 3.36. The van der Waals surface area contributed by atoms with Crippen LogP contribution in [0.2, 0.25) is 0 Å². The fraction of sp³-hybridized carbons (Fsp3) is 0.632. The predicted molar refractivity (Wildman–Crippen MR) is 96.4 cm³/mol. The van der Waals surface area contributed by atoms with Gasteiger partial charge >= 0.3 is 0 Å². The van der Waals surface area contributed by atoms with E-state index in [2.05, 4.69) is 30.7 Å². The Morgan fingerprint density at radius 2 is 1.65 bits per heavy atom. The largest absolute Gasteiger partial charge is 0.386 e. The first-order valence-electron chi connectivity index (χ1n) is 8.67. The van der Waals surface area contributed by atoms with Gasteiger partial charge in [0.1, 0.15) is 11.6 Å². The molecule has 1 N–H and O–H groups in total. The summed E-state index contributed by atoms with van der Waals surface area (Å²) in [4.78, 5) is 3.34. The van der Waals surface area contributed by atoms with Crippen molar-refractivity contribution in [2.45, 2.75) is 73.8 Å². The molecule has 0 aliphatic carbocycles. The Hall–Kier alpha value is -1.45. The lowest BCUT2D eigenvalue weighted by atomic mass is 10.0. The minimum Gasteiger partial charge on any atom is -0.386 e. The van der Waals surface area contributed by atoms with Crippen LogP contribution >= 0.6 is 0 Å². The third kappa shape index (κ3) is 9.32. The standard InChI is InChI=1S/C8H15N.C7H7F2N.2C2H6/c1-6(2)8-5-4-7(3)9-8;1-2-5-6(8)3-10-4-7(5)9;2*1-2/h6,8-9H,3-5H2,1-2H3;3-4H,2H2,1H3;2*1-2H3. The van der Waals surface area contributed by atoms with Gasteiger partial charge in [-0.1, -0.05) is 55.0 Å². The van der Waals surface area contributed by atoms with Gasteiger partial charge in [-0.3, -0.25) is 4.98 Å². The van der Waals surface area contributed by atoms with Crippen molar-refractivity contribution in [3.63, 3.8) is 0 Å². The maximum atomic E-state index is 12.5. The molecule has 4 heteroatoms. The lowest BCUT2D eigenvalue weighted by Crippen LogP contribution is -2.25. The van der Waals surface area contributed by atoms with E-state index in [1.54, 1.807) is 6.92 Å². The van der Waals surface area contributed by atoms with Crippen molar-refractivity contribution in [2.24, 2.45) is 5.92 Å². The van der Waals surface area contributed by atoms with Crippen LogP contribution in [0.1, 0.15) is 66.9 Å². The molecule has 1 aromatic heterocycles. The zero-order valence-electron chi connectivity index (χ0n) is 15.8. The van der Waals surface area contributed by atoms with E-state index in [0.717, 1.165) is 18.3 Å². The summed E-state index contributed by atoms with van der Waals surface area (Å²) in [7, 11) is 0. The third-order valence-corrected chi connectivity index (χ3v) is 3.26. The fourth-order valence-electron chi connectivity index (χ4n) is 2.01. The number of hydrogen-bond donors (Lipinski definition) is 1. The lowest BCUT2D eigenvalue weighted by molar-refractivity contribution is 0.459. The van der Waals surface area contributed by atoms with E-state index in [-0.39, 0.29) is 5.56 Å². The van der Waals surface area contributed by atoms with Gasteiger partial charge in [0, 0.05) is 17.3 Å². The zero-order valence-corrected chi connectivity index (χ0v) is 15.8. The molecule has 1 aromatic rings. The summed E-state index contributed by atoms with van der Waals surface area (Å²) < 4.78 is 25.1. The minimum atomic E-state index is -0.567. The SMILES string of the molecule is C=C1CCC(C(C)C)N1.CC.CC.CCc1c(F)cncc1F. The van der Waals surface area contributed by atoms with Crippen LogP contribution in [-0.2, 0) is 6.42 Å². The van der Waals surface area contributed by atoms with Gasteiger partial charge in [0.2, 0.25) is 0 Å². The van der Waals surface area contributed by atoms with Crippen molar-refractivity contribution < 1.29 is 8.78 Å². The highest BCUT2D eigenvalue weighted by molar-refractivity contribution is 5.14. The number of aromatic nitrogens is 1. The summed E-state index contributed by atoms with van der Waals surface area (Å²) in [6.07, 6.45) is 4.84. The molecule has 0 aromatic carbocycles. The molecular weight excluding hydrogens is 294 g/mol. The second kappa shape index (κ2) is 14.2. The molecule has 2 nitrogen and oxygen atoms in total. The number of nitrogens with zero attached hydrogens (tertiary/aromatic N) is 1. The number of hydrogen-bond acceptors (Lipinski definition) is 2. The molecule has 0 radical (unpaired) electrons. The highest BCUT2D eigenvalue weighted by atomic mass is 19.1. The molecule has 2 rings (SSSR count). The Kier molecular flexibility index (Phi) is 14.7. The first-order valence-corrected chi connectivity index (χ1v) is 8.67. The minimum absolute atomic E-state index is 0.106. The van der Waals surface area contributed by atoms with Crippen LogP contribution in [-0.4, -0.2) is 11.0 Å². The molecule has 0 bridgehead atoms. The summed E-state index contributed by atoms with van der Waals surface area (Å²) >= 11 is 0. The summed E-state index contributed by atoms with van der Waals surface area (Å²) in [5.74, 6) is -0.380. The molecular formula is C19H34F2N2. The van der Waals surface area contributed by atoms with Crippen LogP contribution in [0.4, 0.5) is 8.78 Å². The molecule has 0 saturated carbocycles. The molecule has 1 saturated heterocycles. The lowest BCUT2D eigenvalue weighted by Gasteiger charge is -2.14. The molecule has 1 aliphatic heterocycles. The number of pyridine rings is 1. The summed E-state index contributed by atoms with van der Waals surface area (Å²) in [6, 6.07) is 0.692. The Morgan fingerprint density at radius 3 is 1.87 bits per heavy atom.